The number of carbonyl (C=O) groups excluding carboxylic acids is 1. The van der Waals surface area contributed by atoms with Crippen LogP contribution in [0.1, 0.15) is 40.6 Å². The summed E-state index contributed by atoms with van der Waals surface area (Å²) >= 11 is 0. The number of carboxylic acids is 1. The van der Waals surface area contributed by atoms with Crippen molar-refractivity contribution in [2.24, 2.45) is 0 Å². The molecular formula is C24H29N3O6. The number of aliphatic carboxylic acids is 1. The summed E-state index contributed by atoms with van der Waals surface area (Å²) in [5, 5.41) is 23.8. The largest absolute Gasteiger partial charge is 0.481 e. The highest BCUT2D eigenvalue weighted by Crippen LogP contribution is 2.20. The standard InChI is InChI=1S/C22H25N3O4.C2H4O2/c1-13-8-17(7-6-14-10-24-19-5-3-2-4-18(14)19)29-22(28)20(13)21(27)25-15-9-16(12-26)23-11-15;1-2(3)4/h2-5,8,10,15-16,23-24,26H,6-7,9,11-12H2,1H3,(H,25,27);1H3,(H,3,4)/t15-,16+;/m0./s1. The molecule has 0 aliphatic carbocycles. The van der Waals surface area contributed by atoms with Gasteiger partial charge in [-0.25, -0.2) is 4.79 Å². The summed E-state index contributed by atoms with van der Waals surface area (Å²) in [6.07, 6.45) is 3.92. The van der Waals surface area contributed by atoms with Gasteiger partial charge in [0.05, 0.1) is 6.61 Å². The van der Waals surface area contributed by atoms with Gasteiger partial charge in [-0.1, -0.05) is 18.2 Å². The second-order valence-corrected chi connectivity index (χ2v) is 8.13. The minimum Gasteiger partial charge on any atom is -0.481 e. The van der Waals surface area contributed by atoms with Crippen molar-refractivity contribution in [1.82, 2.24) is 15.6 Å². The smallest absolute Gasteiger partial charge is 0.349 e. The molecule has 4 rings (SSSR count). The predicted octanol–water partition coefficient (Wildman–Crippen LogP) is 1.76. The molecule has 1 aromatic carbocycles. The van der Waals surface area contributed by atoms with Crippen molar-refractivity contribution in [2.45, 2.75) is 45.2 Å². The number of carbonyl (C=O) groups is 2. The van der Waals surface area contributed by atoms with E-state index in [1.165, 1.54) is 0 Å². The first-order chi connectivity index (χ1) is 15.8. The van der Waals surface area contributed by atoms with E-state index in [0.717, 1.165) is 29.8 Å². The number of aliphatic hydroxyl groups excluding tert-OH is 1. The van der Waals surface area contributed by atoms with E-state index in [4.69, 9.17) is 14.3 Å². The van der Waals surface area contributed by atoms with Gasteiger partial charge in [0, 0.05) is 49.1 Å². The van der Waals surface area contributed by atoms with Crippen LogP contribution in [0.2, 0.25) is 0 Å². The Labute approximate surface area is 190 Å². The van der Waals surface area contributed by atoms with Gasteiger partial charge in [0.25, 0.3) is 11.9 Å². The summed E-state index contributed by atoms with van der Waals surface area (Å²) in [6, 6.07) is 9.72. The summed E-state index contributed by atoms with van der Waals surface area (Å²) in [4.78, 5) is 37.3. The third-order valence-corrected chi connectivity index (χ3v) is 5.52. The lowest BCUT2D eigenvalue weighted by atomic mass is 10.0. The quantitative estimate of drug-likeness (QED) is 0.381. The molecule has 1 aliphatic heterocycles. The number of aromatic nitrogens is 1. The van der Waals surface area contributed by atoms with E-state index in [-0.39, 0.29) is 24.3 Å². The molecule has 1 saturated heterocycles. The molecule has 1 amide bonds. The molecule has 1 fully saturated rings. The Hall–Kier alpha value is -3.43. The van der Waals surface area contributed by atoms with Gasteiger partial charge in [-0.3, -0.25) is 9.59 Å². The van der Waals surface area contributed by atoms with Crippen molar-refractivity contribution < 1.29 is 24.2 Å². The first kappa shape index (κ1) is 24.2. The third kappa shape index (κ3) is 6.30. The first-order valence-electron chi connectivity index (χ1n) is 10.8. The Morgan fingerprint density at radius 2 is 1.97 bits per heavy atom. The van der Waals surface area contributed by atoms with Gasteiger partial charge in [0.1, 0.15) is 11.3 Å². The average Bonchev–Trinajstić information content (AvgIpc) is 3.38. The normalized spacial score (nSPS) is 17.4. The number of benzene rings is 1. The third-order valence-electron chi connectivity index (χ3n) is 5.52. The van der Waals surface area contributed by atoms with Gasteiger partial charge in [-0.05, 0) is 43.0 Å². The Bertz CT molecular complexity index is 1180. The number of H-pyrrole nitrogens is 1. The molecule has 3 heterocycles. The summed E-state index contributed by atoms with van der Waals surface area (Å²) in [7, 11) is 0. The van der Waals surface area contributed by atoms with Crippen molar-refractivity contribution in [1.29, 1.82) is 0 Å². The van der Waals surface area contributed by atoms with Crippen molar-refractivity contribution in [2.75, 3.05) is 13.2 Å². The number of aromatic amines is 1. The number of carboxylic acid groups (broad SMARTS) is 1. The Morgan fingerprint density at radius 3 is 2.64 bits per heavy atom. The molecule has 5 N–H and O–H groups in total. The fourth-order valence-corrected chi connectivity index (χ4v) is 3.99. The zero-order chi connectivity index (χ0) is 24.0. The van der Waals surface area contributed by atoms with Gasteiger partial charge in [0.15, 0.2) is 0 Å². The molecule has 9 nitrogen and oxygen atoms in total. The van der Waals surface area contributed by atoms with Crippen molar-refractivity contribution in [3.8, 4) is 0 Å². The van der Waals surface area contributed by atoms with Gasteiger partial charge in [-0.15, -0.1) is 0 Å². The van der Waals surface area contributed by atoms with Crippen LogP contribution >= 0.6 is 0 Å². The number of hydrogen-bond donors (Lipinski definition) is 5. The van der Waals surface area contributed by atoms with E-state index in [1.807, 2.05) is 24.4 Å². The maximum atomic E-state index is 12.6. The van der Waals surface area contributed by atoms with Crippen LogP contribution in [0.15, 0.2) is 45.7 Å². The fourth-order valence-electron chi connectivity index (χ4n) is 3.99. The number of aryl methyl sites for hydroxylation is 3. The van der Waals surface area contributed by atoms with E-state index < -0.39 is 17.5 Å². The number of aliphatic hydroxyl groups is 1. The molecule has 0 spiro atoms. The van der Waals surface area contributed by atoms with Crippen LogP contribution in [0.3, 0.4) is 0 Å². The van der Waals surface area contributed by atoms with Crippen LogP contribution in [0, 0.1) is 6.92 Å². The molecular weight excluding hydrogens is 426 g/mol. The number of nitrogens with one attached hydrogen (secondary N) is 3. The zero-order valence-electron chi connectivity index (χ0n) is 18.7. The van der Waals surface area contributed by atoms with Crippen molar-refractivity contribution >= 4 is 22.8 Å². The molecule has 0 bridgehead atoms. The van der Waals surface area contributed by atoms with E-state index in [1.54, 1.807) is 13.0 Å². The van der Waals surface area contributed by atoms with Crippen LogP contribution in [0.4, 0.5) is 0 Å². The minimum atomic E-state index is -0.833. The van der Waals surface area contributed by atoms with Crippen LogP contribution in [-0.4, -0.2) is 52.3 Å². The molecule has 9 heteroatoms. The van der Waals surface area contributed by atoms with Crippen LogP contribution < -0.4 is 16.3 Å². The van der Waals surface area contributed by atoms with Gasteiger partial charge in [-0.2, -0.15) is 0 Å². The van der Waals surface area contributed by atoms with Crippen LogP contribution in [0.25, 0.3) is 10.9 Å². The highest BCUT2D eigenvalue weighted by Gasteiger charge is 2.26. The van der Waals surface area contributed by atoms with Crippen LogP contribution in [-0.2, 0) is 17.6 Å². The second kappa shape index (κ2) is 10.9. The van der Waals surface area contributed by atoms with E-state index in [0.29, 0.717) is 30.7 Å². The molecule has 2 atom stereocenters. The van der Waals surface area contributed by atoms with Crippen LogP contribution in [0.5, 0.6) is 0 Å². The number of hydrogen-bond acceptors (Lipinski definition) is 6. The minimum absolute atomic E-state index is 0.0234. The average molecular weight is 456 g/mol. The number of amides is 1. The molecule has 1 aliphatic rings. The maximum absolute atomic E-state index is 12.6. The van der Waals surface area contributed by atoms with Crippen molar-refractivity contribution in [3.63, 3.8) is 0 Å². The lowest BCUT2D eigenvalue weighted by molar-refractivity contribution is -0.134. The lowest BCUT2D eigenvalue weighted by Gasteiger charge is -2.13. The summed E-state index contributed by atoms with van der Waals surface area (Å²) in [5.74, 6) is -0.693. The van der Waals surface area contributed by atoms with Gasteiger partial charge < -0.3 is 30.2 Å². The van der Waals surface area contributed by atoms with Gasteiger partial charge >= 0.3 is 5.63 Å². The lowest BCUT2D eigenvalue weighted by Crippen LogP contribution is -2.38. The monoisotopic (exact) mass is 455 g/mol. The van der Waals surface area contributed by atoms with E-state index >= 15 is 0 Å². The topological polar surface area (TPSA) is 145 Å². The molecule has 176 valence electrons. The molecule has 0 unspecified atom stereocenters. The highest BCUT2D eigenvalue weighted by atomic mass is 16.4. The molecule has 0 saturated carbocycles. The Kier molecular flexibility index (Phi) is 8.02. The van der Waals surface area contributed by atoms with E-state index in [9.17, 15) is 14.7 Å². The van der Waals surface area contributed by atoms with Crippen molar-refractivity contribution in [3.05, 3.63) is 69.4 Å². The second-order valence-electron chi connectivity index (χ2n) is 8.13. The SMILES string of the molecule is CC(=O)O.Cc1cc(CCc2c[nH]c3ccccc23)oc(=O)c1C(=O)N[C@@H]1CN[C@@H](CO)C1. The Morgan fingerprint density at radius 1 is 1.24 bits per heavy atom. The first-order valence-corrected chi connectivity index (χ1v) is 10.8. The Balaban J connectivity index is 0.000000709. The fraction of sp³-hybridized carbons (Fsp3) is 0.375. The summed E-state index contributed by atoms with van der Waals surface area (Å²) in [5.41, 5.74) is 2.29. The maximum Gasteiger partial charge on any atom is 0.349 e. The number of rotatable bonds is 6. The zero-order valence-corrected chi connectivity index (χ0v) is 18.7. The molecule has 3 aromatic rings. The summed E-state index contributed by atoms with van der Waals surface area (Å²) in [6.45, 7) is 3.44. The predicted molar refractivity (Wildman–Crippen MR) is 123 cm³/mol. The molecule has 2 aromatic heterocycles. The molecule has 0 radical (unpaired) electrons. The van der Waals surface area contributed by atoms with E-state index in [2.05, 4.69) is 21.7 Å². The summed E-state index contributed by atoms with van der Waals surface area (Å²) < 4.78 is 5.45. The number of fused-ring (bicyclic) bond motifs is 1. The highest BCUT2D eigenvalue weighted by molar-refractivity contribution is 5.95. The number of para-hydroxylation sites is 1. The van der Waals surface area contributed by atoms with Gasteiger partial charge in [0.2, 0.25) is 0 Å². The molecule has 33 heavy (non-hydrogen) atoms.